The quantitative estimate of drug-likeness (QED) is 0.898. The van der Waals surface area contributed by atoms with Crippen molar-refractivity contribution in [1.82, 2.24) is 10.2 Å². The Kier molecular flexibility index (Phi) is 5.05. The van der Waals surface area contributed by atoms with Crippen molar-refractivity contribution >= 4 is 39.3 Å². The SMILES string of the molecule is CCCC1NC(=O)CN(Cc2ccc(Br)cc2Cl)C1=O. The van der Waals surface area contributed by atoms with E-state index in [-0.39, 0.29) is 18.4 Å². The second kappa shape index (κ2) is 6.59. The summed E-state index contributed by atoms with van der Waals surface area (Å²) in [5, 5.41) is 3.32. The average Bonchev–Trinajstić information content (AvgIpc) is 2.38. The van der Waals surface area contributed by atoms with Crippen molar-refractivity contribution in [2.24, 2.45) is 0 Å². The highest BCUT2D eigenvalue weighted by Gasteiger charge is 2.32. The van der Waals surface area contributed by atoms with Crippen LogP contribution in [0.15, 0.2) is 22.7 Å². The molecular formula is C14H16BrClN2O2. The number of carbonyl (C=O) groups excluding carboxylic acids is 2. The molecule has 1 saturated heterocycles. The first kappa shape index (κ1) is 15.3. The van der Waals surface area contributed by atoms with Crippen LogP contribution >= 0.6 is 27.5 Å². The van der Waals surface area contributed by atoms with E-state index in [1.54, 1.807) is 11.0 Å². The third kappa shape index (κ3) is 3.52. The van der Waals surface area contributed by atoms with Crippen LogP contribution < -0.4 is 5.32 Å². The fourth-order valence-electron chi connectivity index (χ4n) is 2.25. The highest BCUT2D eigenvalue weighted by Crippen LogP contribution is 2.23. The Morgan fingerprint density at radius 2 is 2.20 bits per heavy atom. The molecule has 0 radical (unpaired) electrons. The van der Waals surface area contributed by atoms with Gasteiger partial charge in [0.1, 0.15) is 6.04 Å². The van der Waals surface area contributed by atoms with Crippen LogP contribution in [0.4, 0.5) is 0 Å². The van der Waals surface area contributed by atoms with Gasteiger partial charge in [-0.1, -0.05) is 46.9 Å². The molecule has 0 bridgehead atoms. The first-order valence-electron chi connectivity index (χ1n) is 6.53. The summed E-state index contributed by atoms with van der Waals surface area (Å²) < 4.78 is 0.887. The van der Waals surface area contributed by atoms with Crippen molar-refractivity contribution < 1.29 is 9.59 Å². The van der Waals surface area contributed by atoms with Gasteiger partial charge in [0.2, 0.25) is 11.8 Å². The average molecular weight is 360 g/mol. The van der Waals surface area contributed by atoms with Gasteiger partial charge in [-0.15, -0.1) is 0 Å². The van der Waals surface area contributed by atoms with Crippen LogP contribution in [0.1, 0.15) is 25.3 Å². The number of nitrogens with zero attached hydrogens (tertiary/aromatic N) is 1. The van der Waals surface area contributed by atoms with Crippen molar-refractivity contribution in [2.45, 2.75) is 32.4 Å². The van der Waals surface area contributed by atoms with E-state index in [0.29, 0.717) is 18.0 Å². The number of amides is 2. The molecule has 1 aromatic rings. The Hall–Kier alpha value is -1.07. The summed E-state index contributed by atoms with van der Waals surface area (Å²) in [6, 6.07) is 5.12. The molecule has 4 nitrogen and oxygen atoms in total. The zero-order valence-electron chi connectivity index (χ0n) is 11.2. The minimum Gasteiger partial charge on any atom is -0.343 e. The van der Waals surface area contributed by atoms with Crippen molar-refractivity contribution in [1.29, 1.82) is 0 Å². The number of hydrogen-bond donors (Lipinski definition) is 1. The van der Waals surface area contributed by atoms with E-state index in [9.17, 15) is 9.59 Å². The lowest BCUT2D eigenvalue weighted by atomic mass is 10.1. The summed E-state index contributed by atoms with van der Waals surface area (Å²) in [7, 11) is 0. The molecule has 1 N–H and O–H groups in total. The Morgan fingerprint density at radius 1 is 1.45 bits per heavy atom. The van der Waals surface area contributed by atoms with Gasteiger partial charge >= 0.3 is 0 Å². The summed E-state index contributed by atoms with van der Waals surface area (Å²) in [5.41, 5.74) is 0.841. The Morgan fingerprint density at radius 3 is 2.85 bits per heavy atom. The number of piperazine rings is 1. The van der Waals surface area contributed by atoms with Gasteiger partial charge in [0, 0.05) is 16.0 Å². The minimum absolute atomic E-state index is 0.0366. The maximum Gasteiger partial charge on any atom is 0.245 e. The monoisotopic (exact) mass is 358 g/mol. The van der Waals surface area contributed by atoms with Gasteiger partial charge in [-0.05, 0) is 24.1 Å². The van der Waals surface area contributed by atoms with E-state index in [0.717, 1.165) is 16.5 Å². The third-order valence-corrected chi connectivity index (χ3v) is 4.08. The van der Waals surface area contributed by atoms with Gasteiger partial charge in [0.25, 0.3) is 0 Å². The van der Waals surface area contributed by atoms with Crippen molar-refractivity contribution in [3.63, 3.8) is 0 Å². The van der Waals surface area contributed by atoms with E-state index in [2.05, 4.69) is 21.2 Å². The second-order valence-corrected chi connectivity index (χ2v) is 6.16. The summed E-state index contributed by atoms with van der Waals surface area (Å²) >= 11 is 9.51. The fraction of sp³-hybridized carbons (Fsp3) is 0.429. The lowest BCUT2D eigenvalue weighted by molar-refractivity contribution is -0.145. The molecule has 1 aromatic carbocycles. The predicted molar refractivity (Wildman–Crippen MR) is 81.4 cm³/mol. The normalized spacial score (nSPS) is 19.1. The van der Waals surface area contributed by atoms with Crippen molar-refractivity contribution in [3.8, 4) is 0 Å². The second-order valence-electron chi connectivity index (χ2n) is 4.84. The first-order valence-corrected chi connectivity index (χ1v) is 7.70. The molecule has 108 valence electrons. The molecule has 0 spiro atoms. The Balaban J connectivity index is 2.14. The number of rotatable bonds is 4. The molecule has 0 aromatic heterocycles. The van der Waals surface area contributed by atoms with E-state index in [4.69, 9.17) is 11.6 Å². The molecule has 1 aliphatic heterocycles. The van der Waals surface area contributed by atoms with Gasteiger partial charge in [0.15, 0.2) is 0 Å². The van der Waals surface area contributed by atoms with E-state index >= 15 is 0 Å². The van der Waals surface area contributed by atoms with Gasteiger partial charge < -0.3 is 10.2 Å². The smallest absolute Gasteiger partial charge is 0.245 e. The van der Waals surface area contributed by atoms with Crippen LogP contribution in [0.3, 0.4) is 0 Å². The maximum atomic E-state index is 12.3. The highest BCUT2D eigenvalue weighted by atomic mass is 79.9. The van der Waals surface area contributed by atoms with Crippen LogP contribution in [0, 0.1) is 0 Å². The summed E-state index contributed by atoms with van der Waals surface area (Å²) in [6.45, 7) is 2.44. The lowest BCUT2D eigenvalue weighted by Gasteiger charge is -2.32. The molecule has 0 aliphatic carbocycles. The fourth-order valence-corrected chi connectivity index (χ4v) is 2.98. The summed E-state index contributed by atoms with van der Waals surface area (Å²) in [5.74, 6) is -0.151. The molecule has 2 rings (SSSR count). The largest absolute Gasteiger partial charge is 0.343 e. The Bertz CT molecular complexity index is 536. The summed E-state index contributed by atoms with van der Waals surface area (Å²) in [4.78, 5) is 25.6. The number of hydrogen-bond acceptors (Lipinski definition) is 2. The zero-order valence-corrected chi connectivity index (χ0v) is 13.5. The van der Waals surface area contributed by atoms with Gasteiger partial charge in [-0.3, -0.25) is 9.59 Å². The number of halogens is 2. The van der Waals surface area contributed by atoms with Gasteiger partial charge in [-0.2, -0.15) is 0 Å². The topological polar surface area (TPSA) is 49.4 Å². The van der Waals surface area contributed by atoms with Crippen LogP contribution in [-0.2, 0) is 16.1 Å². The zero-order chi connectivity index (χ0) is 14.7. The lowest BCUT2D eigenvalue weighted by Crippen LogP contribution is -2.57. The van der Waals surface area contributed by atoms with E-state index in [1.807, 2.05) is 19.1 Å². The van der Waals surface area contributed by atoms with E-state index in [1.165, 1.54) is 0 Å². The molecule has 1 aliphatic rings. The highest BCUT2D eigenvalue weighted by molar-refractivity contribution is 9.10. The van der Waals surface area contributed by atoms with Crippen LogP contribution in [-0.4, -0.2) is 29.3 Å². The van der Waals surface area contributed by atoms with Crippen molar-refractivity contribution in [3.05, 3.63) is 33.3 Å². The Labute approximate surface area is 131 Å². The number of carbonyl (C=O) groups is 2. The third-order valence-electron chi connectivity index (χ3n) is 3.23. The molecule has 6 heteroatoms. The molecular weight excluding hydrogens is 344 g/mol. The van der Waals surface area contributed by atoms with Gasteiger partial charge in [0.05, 0.1) is 6.54 Å². The molecule has 1 unspecified atom stereocenters. The van der Waals surface area contributed by atoms with Gasteiger partial charge in [-0.25, -0.2) is 0 Å². The van der Waals surface area contributed by atoms with Crippen molar-refractivity contribution in [2.75, 3.05) is 6.54 Å². The molecule has 20 heavy (non-hydrogen) atoms. The number of benzene rings is 1. The molecule has 1 fully saturated rings. The minimum atomic E-state index is -0.407. The molecule has 2 amide bonds. The summed E-state index contributed by atoms with van der Waals surface area (Å²) in [6.07, 6.45) is 1.51. The molecule has 0 saturated carbocycles. The number of nitrogens with one attached hydrogen (secondary N) is 1. The predicted octanol–water partition coefficient (Wildman–Crippen LogP) is 2.73. The molecule has 1 heterocycles. The van der Waals surface area contributed by atoms with Crippen LogP contribution in [0.5, 0.6) is 0 Å². The molecule has 1 atom stereocenters. The maximum absolute atomic E-state index is 12.3. The standard InChI is InChI=1S/C14H16BrClN2O2/c1-2-3-12-14(20)18(8-13(19)17-12)7-9-4-5-10(15)6-11(9)16/h4-6,12H,2-3,7-8H2,1H3,(H,17,19). The first-order chi connectivity index (χ1) is 9.51. The van der Waals surface area contributed by atoms with E-state index < -0.39 is 6.04 Å². The van der Waals surface area contributed by atoms with Crippen LogP contribution in [0.2, 0.25) is 5.02 Å². The van der Waals surface area contributed by atoms with Crippen LogP contribution in [0.25, 0.3) is 0 Å².